The van der Waals surface area contributed by atoms with Crippen molar-refractivity contribution >= 4 is 17.6 Å². The highest BCUT2D eigenvalue weighted by molar-refractivity contribution is 5.99. The van der Waals surface area contributed by atoms with Crippen LogP contribution in [0.1, 0.15) is 75.3 Å². The maximum Gasteiger partial charge on any atom is 0.416 e. The quantitative estimate of drug-likeness (QED) is 0.442. The van der Waals surface area contributed by atoms with Gasteiger partial charge < -0.3 is 19.5 Å². The van der Waals surface area contributed by atoms with Gasteiger partial charge in [-0.3, -0.25) is 4.79 Å². The fourth-order valence-corrected chi connectivity index (χ4v) is 8.75. The van der Waals surface area contributed by atoms with Crippen LogP contribution in [0.4, 0.5) is 18.9 Å². The molecule has 1 N–H and O–H groups in total. The fourth-order valence-electron chi connectivity index (χ4n) is 8.75. The van der Waals surface area contributed by atoms with Crippen molar-refractivity contribution in [2.45, 2.75) is 76.5 Å². The van der Waals surface area contributed by atoms with E-state index >= 15 is 0 Å². The highest BCUT2D eigenvalue weighted by Crippen LogP contribution is 2.92. The van der Waals surface area contributed by atoms with Crippen molar-refractivity contribution in [3.8, 4) is 0 Å². The predicted octanol–water partition coefficient (Wildman–Crippen LogP) is 6.37. The molecule has 7 atom stereocenters. The molecule has 2 aromatic rings. The summed E-state index contributed by atoms with van der Waals surface area (Å²) >= 11 is 0. The Bertz CT molecular complexity index is 1410. The number of halogens is 3. The van der Waals surface area contributed by atoms with Crippen molar-refractivity contribution in [2.24, 2.45) is 22.2 Å². The van der Waals surface area contributed by atoms with Crippen LogP contribution in [0.2, 0.25) is 0 Å². The molecular weight excluding hydrogens is 523 g/mol. The minimum Gasteiger partial charge on any atom is -0.460 e. The van der Waals surface area contributed by atoms with E-state index in [2.05, 4.69) is 5.32 Å². The van der Waals surface area contributed by atoms with E-state index in [0.717, 1.165) is 18.1 Å². The van der Waals surface area contributed by atoms with Gasteiger partial charge in [0.15, 0.2) is 0 Å². The van der Waals surface area contributed by atoms with E-state index in [1.165, 1.54) is 12.1 Å². The Kier molecular flexibility index (Phi) is 5.19. The Morgan fingerprint density at radius 1 is 1.07 bits per heavy atom. The zero-order valence-corrected chi connectivity index (χ0v) is 22.6. The molecule has 6 nitrogen and oxygen atoms in total. The molecule has 3 heterocycles. The summed E-state index contributed by atoms with van der Waals surface area (Å²) in [6.07, 6.45) is -3.17. The standard InChI is InChI=1S/C31H32F3NO5/c1-27(2)28(3)25(36)40-29(13-14-30(27,28)29)26(37)38-16-19-10-11-20-23(17-7-5-4-6-8-17)35-22-12-9-18(31(32,33)34)15-21(22)24(20)39-19/h4-9,12,15,19-20,23-24,35H,10-11,13-14,16H2,1-3H3/t19?,20?,23-,24?,28?,29?,30?/m0/s1. The first kappa shape index (κ1) is 25.9. The van der Waals surface area contributed by atoms with Gasteiger partial charge in [-0.05, 0) is 61.8 Å². The summed E-state index contributed by atoms with van der Waals surface area (Å²) in [5.74, 6) is -0.996. The average Bonchev–Trinajstić information content (AvgIpc) is 3.31. The highest BCUT2D eigenvalue weighted by atomic mass is 19.4. The van der Waals surface area contributed by atoms with Crippen molar-refractivity contribution in [1.29, 1.82) is 0 Å². The summed E-state index contributed by atoms with van der Waals surface area (Å²) in [5, 5.41) is 3.45. The molecule has 9 heteroatoms. The van der Waals surface area contributed by atoms with Crippen molar-refractivity contribution in [1.82, 2.24) is 0 Å². The minimum absolute atomic E-state index is 0.0493. The van der Waals surface area contributed by atoms with E-state index in [1.807, 2.05) is 51.1 Å². The lowest BCUT2D eigenvalue weighted by molar-refractivity contribution is -0.207. The maximum atomic E-state index is 13.6. The molecule has 2 saturated carbocycles. The maximum absolute atomic E-state index is 13.6. The Hall–Kier alpha value is -3.07. The Labute approximate surface area is 230 Å². The molecule has 7 rings (SSSR count). The van der Waals surface area contributed by atoms with Crippen LogP contribution in [-0.2, 0) is 30.0 Å². The second kappa shape index (κ2) is 8.02. The molecule has 40 heavy (non-hydrogen) atoms. The van der Waals surface area contributed by atoms with Gasteiger partial charge in [-0.25, -0.2) is 4.79 Å². The summed E-state index contributed by atoms with van der Waals surface area (Å²) in [6.45, 7) is 5.84. The number of rotatable bonds is 4. The lowest BCUT2D eigenvalue weighted by Gasteiger charge is -2.47. The third kappa shape index (κ3) is 2.99. The van der Waals surface area contributed by atoms with Crippen LogP contribution >= 0.6 is 0 Å². The number of fused-ring (bicyclic) bond motifs is 3. The molecule has 212 valence electrons. The predicted molar refractivity (Wildman–Crippen MR) is 138 cm³/mol. The summed E-state index contributed by atoms with van der Waals surface area (Å²) in [7, 11) is 0. The summed E-state index contributed by atoms with van der Waals surface area (Å²) in [4.78, 5) is 26.3. The Morgan fingerprint density at radius 2 is 1.82 bits per heavy atom. The molecule has 6 unspecified atom stereocenters. The van der Waals surface area contributed by atoms with E-state index < -0.39 is 46.3 Å². The van der Waals surface area contributed by atoms with E-state index in [9.17, 15) is 22.8 Å². The Morgan fingerprint density at radius 3 is 2.48 bits per heavy atom. The number of hydrogen-bond acceptors (Lipinski definition) is 6. The third-order valence-electron chi connectivity index (χ3n) is 11.2. The van der Waals surface area contributed by atoms with Crippen molar-refractivity contribution in [3.63, 3.8) is 0 Å². The van der Waals surface area contributed by atoms with Gasteiger partial charge in [0.05, 0.1) is 29.2 Å². The smallest absolute Gasteiger partial charge is 0.416 e. The fraction of sp³-hybridized carbons (Fsp3) is 0.548. The number of carbonyl (C=O) groups excluding carboxylic acids is 2. The first-order valence-electron chi connectivity index (χ1n) is 14.0. The molecule has 0 aromatic heterocycles. The van der Waals surface area contributed by atoms with Gasteiger partial charge in [0, 0.05) is 22.6 Å². The molecule has 0 radical (unpaired) electrons. The number of nitrogens with one attached hydrogen (secondary N) is 1. The van der Waals surface area contributed by atoms with Crippen molar-refractivity contribution < 1.29 is 37.0 Å². The lowest BCUT2D eigenvalue weighted by Crippen LogP contribution is -2.58. The molecule has 4 fully saturated rings. The Balaban J connectivity index is 1.13. The van der Waals surface area contributed by atoms with E-state index in [-0.39, 0.29) is 30.0 Å². The first-order chi connectivity index (χ1) is 18.9. The number of hydrogen-bond donors (Lipinski definition) is 1. The van der Waals surface area contributed by atoms with E-state index in [0.29, 0.717) is 30.5 Å². The van der Waals surface area contributed by atoms with E-state index in [1.54, 1.807) is 0 Å². The zero-order chi connectivity index (χ0) is 28.3. The van der Waals surface area contributed by atoms with E-state index in [4.69, 9.17) is 14.2 Å². The third-order valence-corrected chi connectivity index (χ3v) is 11.2. The van der Waals surface area contributed by atoms with Gasteiger partial charge in [-0.15, -0.1) is 0 Å². The highest BCUT2D eigenvalue weighted by Gasteiger charge is 3.00. The van der Waals surface area contributed by atoms with Gasteiger partial charge in [-0.1, -0.05) is 44.2 Å². The van der Waals surface area contributed by atoms with Gasteiger partial charge in [-0.2, -0.15) is 13.2 Å². The van der Waals surface area contributed by atoms with Crippen molar-refractivity contribution in [2.75, 3.05) is 11.9 Å². The van der Waals surface area contributed by atoms with Gasteiger partial charge in [0.1, 0.15) is 6.61 Å². The normalized spacial score (nSPS) is 38.4. The molecule has 2 saturated heterocycles. The molecule has 5 aliphatic rings. The first-order valence-corrected chi connectivity index (χ1v) is 14.0. The SMILES string of the molecule is CC1(C)C2(C)C(=O)OC3(C(=O)OCC4CCC5C(O4)c4cc(C(F)(F)F)ccc4N[C@H]5c4ccccc4)CCC312. The second-order valence-electron chi connectivity index (χ2n) is 12.7. The van der Waals surface area contributed by atoms with Crippen LogP contribution in [-0.4, -0.2) is 30.3 Å². The van der Waals surface area contributed by atoms with Crippen LogP contribution in [0, 0.1) is 22.2 Å². The molecule has 0 amide bonds. The molecule has 1 spiro atoms. The molecule has 2 aliphatic carbocycles. The van der Waals surface area contributed by atoms with Gasteiger partial charge in [0.25, 0.3) is 0 Å². The van der Waals surface area contributed by atoms with Crippen LogP contribution in [0.15, 0.2) is 48.5 Å². The largest absolute Gasteiger partial charge is 0.460 e. The number of anilines is 1. The minimum atomic E-state index is -4.48. The van der Waals surface area contributed by atoms with Crippen molar-refractivity contribution in [3.05, 3.63) is 65.2 Å². The monoisotopic (exact) mass is 555 g/mol. The van der Waals surface area contributed by atoms with Gasteiger partial charge >= 0.3 is 18.1 Å². The average molecular weight is 556 g/mol. The number of alkyl halides is 3. The zero-order valence-electron chi connectivity index (χ0n) is 22.6. The molecule has 2 aromatic carbocycles. The van der Waals surface area contributed by atoms with Crippen LogP contribution in [0.5, 0.6) is 0 Å². The summed E-state index contributed by atoms with van der Waals surface area (Å²) in [5.41, 5.74) is -1.51. The lowest BCUT2D eigenvalue weighted by atomic mass is 9.61. The second-order valence-corrected chi connectivity index (χ2v) is 12.7. The van der Waals surface area contributed by atoms with Crippen LogP contribution in [0.25, 0.3) is 0 Å². The number of carbonyl (C=O) groups is 2. The van der Waals surface area contributed by atoms with Crippen LogP contribution < -0.4 is 5.32 Å². The topological polar surface area (TPSA) is 73.9 Å². The number of ether oxygens (including phenoxy) is 3. The number of esters is 2. The molecular formula is C31H32F3NO5. The summed E-state index contributed by atoms with van der Waals surface area (Å²) < 4.78 is 58.8. The molecule has 3 aliphatic heterocycles. The van der Waals surface area contributed by atoms with Crippen LogP contribution in [0.3, 0.4) is 0 Å². The summed E-state index contributed by atoms with van der Waals surface area (Å²) in [6, 6.07) is 13.4. The number of benzene rings is 2. The van der Waals surface area contributed by atoms with Gasteiger partial charge in [0.2, 0.25) is 5.60 Å². The molecule has 0 bridgehead atoms.